The van der Waals surface area contributed by atoms with Crippen molar-refractivity contribution in [3.63, 3.8) is 0 Å². The zero-order chi connectivity index (χ0) is 18.2. The molecule has 0 unspecified atom stereocenters. The van der Waals surface area contributed by atoms with Crippen LogP contribution in [0, 0.1) is 0 Å². The predicted octanol–water partition coefficient (Wildman–Crippen LogP) is 3.45. The summed E-state index contributed by atoms with van der Waals surface area (Å²) in [7, 11) is 1.53. The van der Waals surface area contributed by atoms with E-state index in [-0.39, 0.29) is 12.3 Å². The first-order chi connectivity index (χ1) is 12.0. The molecule has 0 saturated heterocycles. The lowest BCUT2D eigenvalue weighted by Gasteiger charge is -2.10. The summed E-state index contributed by atoms with van der Waals surface area (Å²) in [6.45, 7) is 0.503. The number of rotatable bonds is 8. The van der Waals surface area contributed by atoms with E-state index in [1.54, 1.807) is 12.1 Å². The van der Waals surface area contributed by atoms with Crippen LogP contribution in [0.1, 0.15) is 27.9 Å². The lowest BCUT2D eigenvalue weighted by molar-refractivity contribution is -0.136. The molecule has 0 aliphatic rings. The van der Waals surface area contributed by atoms with E-state index in [9.17, 15) is 9.59 Å². The molecule has 0 atom stereocenters. The highest BCUT2D eigenvalue weighted by molar-refractivity contribution is 9.10. The molecular formula is C19H20BrNO4. The molecule has 2 N–H and O–H groups in total. The topological polar surface area (TPSA) is 75.6 Å². The number of methoxy groups -OCH3 is 1. The van der Waals surface area contributed by atoms with Crippen LogP contribution in [-0.4, -0.2) is 30.6 Å². The van der Waals surface area contributed by atoms with Crippen molar-refractivity contribution in [3.05, 3.63) is 63.6 Å². The van der Waals surface area contributed by atoms with Crippen LogP contribution in [-0.2, 0) is 17.6 Å². The molecule has 0 spiro atoms. The van der Waals surface area contributed by atoms with Crippen molar-refractivity contribution >= 4 is 27.8 Å². The van der Waals surface area contributed by atoms with Gasteiger partial charge in [-0.05, 0) is 42.2 Å². The Bertz CT molecular complexity index is 744. The van der Waals surface area contributed by atoms with Gasteiger partial charge in [-0.3, -0.25) is 9.59 Å². The lowest BCUT2D eigenvalue weighted by Crippen LogP contribution is -2.26. The zero-order valence-corrected chi connectivity index (χ0v) is 15.5. The number of amides is 1. The van der Waals surface area contributed by atoms with Crippen molar-refractivity contribution in [2.45, 2.75) is 19.3 Å². The fourth-order valence-electron chi connectivity index (χ4n) is 2.40. The fourth-order valence-corrected chi connectivity index (χ4v) is 2.76. The molecule has 0 radical (unpaired) electrons. The molecule has 2 aromatic carbocycles. The molecule has 1 amide bonds. The highest BCUT2D eigenvalue weighted by Crippen LogP contribution is 2.22. The number of benzene rings is 2. The molecule has 6 heteroatoms. The molecule has 2 rings (SSSR count). The number of carbonyl (C=O) groups is 2. The molecule has 0 saturated carbocycles. The minimum Gasteiger partial charge on any atom is -0.496 e. The third kappa shape index (κ3) is 5.90. The number of hydrogen-bond acceptors (Lipinski definition) is 3. The molecule has 0 fully saturated rings. The summed E-state index contributed by atoms with van der Waals surface area (Å²) < 4.78 is 6.03. The number of aryl methyl sites for hydroxylation is 1. The van der Waals surface area contributed by atoms with Gasteiger partial charge in [-0.15, -0.1) is 0 Å². The summed E-state index contributed by atoms with van der Waals surface area (Å²) in [4.78, 5) is 22.9. The number of carbonyl (C=O) groups excluding carboxylic acids is 1. The van der Waals surface area contributed by atoms with Gasteiger partial charge in [0.25, 0.3) is 5.91 Å². The largest absolute Gasteiger partial charge is 0.496 e. The zero-order valence-electron chi connectivity index (χ0n) is 13.9. The summed E-state index contributed by atoms with van der Waals surface area (Å²) in [6.07, 6.45) is 1.35. The number of hydrogen-bond donors (Lipinski definition) is 2. The van der Waals surface area contributed by atoms with E-state index in [1.807, 2.05) is 30.3 Å². The molecule has 25 heavy (non-hydrogen) atoms. The maximum atomic E-state index is 12.3. The predicted molar refractivity (Wildman–Crippen MR) is 99.1 cm³/mol. The van der Waals surface area contributed by atoms with Gasteiger partial charge in [0.1, 0.15) is 5.75 Å². The second-order valence-electron chi connectivity index (χ2n) is 5.56. The highest BCUT2D eigenvalue weighted by Gasteiger charge is 2.12. The van der Waals surface area contributed by atoms with Crippen LogP contribution >= 0.6 is 15.9 Å². The number of nitrogens with one attached hydrogen (secondary N) is 1. The molecule has 2 aromatic rings. The van der Waals surface area contributed by atoms with Gasteiger partial charge in [-0.25, -0.2) is 0 Å². The van der Waals surface area contributed by atoms with Gasteiger partial charge in [-0.1, -0.05) is 40.2 Å². The number of carboxylic acid groups (broad SMARTS) is 1. The van der Waals surface area contributed by atoms with Crippen LogP contribution in [0.25, 0.3) is 0 Å². The Hall–Kier alpha value is -2.34. The third-order valence-electron chi connectivity index (χ3n) is 3.76. The summed E-state index contributed by atoms with van der Waals surface area (Å²) in [6, 6.07) is 13.1. The number of ether oxygens (including phenoxy) is 1. The van der Waals surface area contributed by atoms with Crippen LogP contribution in [0.4, 0.5) is 0 Å². The Morgan fingerprint density at radius 2 is 1.72 bits per heavy atom. The van der Waals surface area contributed by atoms with Crippen LogP contribution < -0.4 is 10.1 Å². The van der Waals surface area contributed by atoms with E-state index < -0.39 is 5.97 Å². The second kappa shape index (κ2) is 9.22. The molecule has 132 valence electrons. The normalized spacial score (nSPS) is 10.3. The summed E-state index contributed by atoms with van der Waals surface area (Å²) in [5.74, 6) is -0.450. The van der Waals surface area contributed by atoms with Gasteiger partial charge in [0, 0.05) is 17.4 Å². The van der Waals surface area contributed by atoms with E-state index in [1.165, 1.54) is 7.11 Å². The van der Waals surface area contributed by atoms with E-state index >= 15 is 0 Å². The lowest BCUT2D eigenvalue weighted by atomic mass is 10.1. The quantitative estimate of drug-likeness (QED) is 0.704. The summed E-state index contributed by atoms with van der Waals surface area (Å²) >= 11 is 3.35. The summed E-state index contributed by atoms with van der Waals surface area (Å²) in [5.41, 5.74) is 2.57. The van der Waals surface area contributed by atoms with Gasteiger partial charge in [-0.2, -0.15) is 0 Å². The van der Waals surface area contributed by atoms with Gasteiger partial charge < -0.3 is 15.2 Å². The Morgan fingerprint density at radius 3 is 2.32 bits per heavy atom. The smallest absolute Gasteiger partial charge is 0.303 e. The molecule has 5 nitrogen and oxygen atoms in total. The molecule has 0 bridgehead atoms. The van der Waals surface area contributed by atoms with E-state index in [0.717, 1.165) is 15.6 Å². The second-order valence-corrected chi connectivity index (χ2v) is 6.48. The standard InChI is InChI=1S/C19H20BrNO4/c1-25-17-8-7-15(20)12-16(17)19(24)21-11-10-14-4-2-13(3-5-14)6-9-18(22)23/h2-5,7-8,12H,6,9-11H2,1H3,(H,21,24)(H,22,23). The number of halogens is 1. The first-order valence-electron chi connectivity index (χ1n) is 7.91. The van der Waals surface area contributed by atoms with Crippen molar-refractivity contribution in [1.29, 1.82) is 0 Å². The van der Waals surface area contributed by atoms with E-state index in [0.29, 0.717) is 30.7 Å². The average molecular weight is 406 g/mol. The molecular weight excluding hydrogens is 386 g/mol. The Morgan fingerprint density at radius 1 is 1.08 bits per heavy atom. The number of carboxylic acids is 1. The molecule has 0 heterocycles. The fraction of sp³-hybridized carbons (Fsp3) is 0.263. The van der Waals surface area contributed by atoms with Crippen molar-refractivity contribution < 1.29 is 19.4 Å². The Labute approximate surface area is 155 Å². The monoisotopic (exact) mass is 405 g/mol. The van der Waals surface area contributed by atoms with Crippen molar-refractivity contribution in [1.82, 2.24) is 5.32 Å². The molecule has 0 aliphatic heterocycles. The van der Waals surface area contributed by atoms with Crippen molar-refractivity contribution in [3.8, 4) is 5.75 Å². The van der Waals surface area contributed by atoms with Crippen molar-refractivity contribution in [2.24, 2.45) is 0 Å². The Balaban J connectivity index is 1.87. The highest BCUT2D eigenvalue weighted by atomic mass is 79.9. The maximum absolute atomic E-state index is 12.3. The van der Waals surface area contributed by atoms with Gasteiger partial charge >= 0.3 is 5.97 Å². The van der Waals surface area contributed by atoms with Gasteiger partial charge in [0.2, 0.25) is 0 Å². The van der Waals surface area contributed by atoms with Crippen LogP contribution in [0.3, 0.4) is 0 Å². The minimum atomic E-state index is -0.797. The molecule has 0 aliphatic carbocycles. The number of aliphatic carboxylic acids is 1. The first-order valence-corrected chi connectivity index (χ1v) is 8.70. The van der Waals surface area contributed by atoms with Gasteiger partial charge in [0.05, 0.1) is 12.7 Å². The van der Waals surface area contributed by atoms with Crippen LogP contribution in [0.2, 0.25) is 0 Å². The van der Waals surface area contributed by atoms with E-state index in [2.05, 4.69) is 21.2 Å². The maximum Gasteiger partial charge on any atom is 0.303 e. The SMILES string of the molecule is COc1ccc(Br)cc1C(=O)NCCc1ccc(CCC(=O)O)cc1. The van der Waals surface area contributed by atoms with Crippen LogP contribution in [0.5, 0.6) is 5.75 Å². The summed E-state index contributed by atoms with van der Waals surface area (Å²) in [5, 5.41) is 11.6. The third-order valence-corrected chi connectivity index (χ3v) is 4.25. The first kappa shape index (κ1) is 19.0. The average Bonchev–Trinajstić information content (AvgIpc) is 2.60. The van der Waals surface area contributed by atoms with Crippen molar-refractivity contribution in [2.75, 3.05) is 13.7 Å². The van der Waals surface area contributed by atoms with Crippen LogP contribution in [0.15, 0.2) is 46.9 Å². The van der Waals surface area contributed by atoms with Gasteiger partial charge in [0.15, 0.2) is 0 Å². The Kier molecular flexibility index (Phi) is 7.01. The molecule has 0 aromatic heterocycles. The minimum absolute atomic E-state index is 0.129. The van der Waals surface area contributed by atoms with E-state index in [4.69, 9.17) is 9.84 Å².